The van der Waals surface area contributed by atoms with Crippen molar-refractivity contribution < 1.29 is 9.53 Å². The molecule has 6 nitrogen and oxygen atoms in total. The highest BCUT2D eigenvalue weighted by Gasteiger charge is 2.10. The maximum absolute atomic E-state index is 11.8. The first-order valence-corrected chi connectivity index (χ1v) is 6.32. The average Bonchev–Trinajstić information content (AvgIpc) is 2.54. The number of nitrogens with zero attached hydrogens (tertiary/aromatic N) is 4. The summed E-state index contributed by atoms with van der Waals surface area (Å²) < 4.78 is 5.17. The number of esters is 1. The second kappa shape index (κ2) is 7.01. The minimum atomic E-state index is -0.366. The number of carbonyl (C=O) groups excluding carboxylic acids is 1. The molecule has 1 heterocycles. The highest BCUT2D eigenvalue weighted by atomic mass is 16.5. The van der Waals surface area contributed by atoms with Gasteiger partial charge in [-0.15, -0.1) is 0 Å². The van der Waals surface area contributed by atoms with Crippen LogP contribution in [-0.4, -0.2) is 29.5 Å². The molecule has 0 aliphatic carbocycles. The largest absolute Gasteiger partial charge is 0.459 e. The van der Waals surface area contributed by atoms with Gasteiger partial charge in [0.1, 0.15) is 13.2 Å². The molecule has 6 heteroatoms. The number of carbonyl (C=O) groups is 1. The molecule has 106 valence electrons. The number of benzene rings is 1. The van der Waals surface area contributed by atoms with Crippen LogP contribution in [0.4, 0.5) is 5.95 Å². The van der Waals surface area contributed by atoms with Crippen molar-refractivity contribution in [2.75, 3.05) is 18.5 Å². The summed E-state index contributed by atoms with van der Waals surface area (Å²) in [7, 11) is 1.72. The van der Waals surface area contributed by atoms with Crippen LogP contribution in [0.25, 0.3) is 0 Å². The molecule has 0 radical (unpaired) electrons. The normalized spacial score (nSPS) is 9.71. The lowest BCUT2D eigenvalue weighted by molar-refractivity contribution is -0.143. The molecule has 2 rings (SSSR count). The highest BCUT2D eigenvalue weighted by molar-refractivity contribution is 5.74. The van der Waals surface area contributed by atoms with Gasteiger partial charge in [-0.05, 0) is 23.8 Å². The summed E-state index contributed by atoms with van der Waals surface area (Å²) >= 11 is 0. The Morgan fingerprint density at radius 1 is 1.29 bits per heavy atom. The van der Waals surface area contributed by atoms with E-state index in [0.717, 1.165) is 5.56 Å². The van der Waals surface area contributed by atoms with Crippen LogP contribution in [0.15, 0.2) is 42.7 Å². The van der Waals surface area contributed by atoms with Crippen molar-refractivity contribution >= 4 is 11.9 Å². The number of anilines is 1. The summed E-state index contributed by atoms with van der Waals surface area (Å²) in [6, 6.07) is 10.6. The lowest BCUT2D eigenvalue weighted by atomic mass is 10.2. The maximum Gasteiger partial charge on any atom is 0.325 e. The van der Waals surface area contributed by atoms with Gasteiger partial charge in [0.25, 0.3) is 0 Å². The Hall–Kier alpha value is -2.94. The molecule has 0 saturated heterocycles. The van der Waals surface area contributed by atoms with Crippen LogP contribution in [0.5, 0.6) is 0 Å². The molecule has 0 aliphatic rings. The predicted octanol–water partition coefficient (Wildman–Crippen LogP) is 1.53. The highest BCUT2D eigenvalue weighted by Crippen LogP contribution is 2.06. The van der Waals surface area contributed by atoms with Crippen molar-refractivity contribution in [3.05, 3.63) is 53.9 Å². The topological polar surface area (TPSA) is 79.1 Å². The Morgan fingerprint density at radius 2 is 1.95 bits per heavy atom. The summed E-state index contributed by atoms with van der Waals surface area (Å²) in [6.45, 7) is 0.244. The van der Waals surface area contributed by atoms with E-state index in [-0.39, 0.29) is 19.1 Å². The SMILES string of the molecule is CN(CC(=O)OCc1ccc(C#N)cc1)c1ncccn1. The first-order valence-electron chi connectivity index (χ1n) is 6.32. The van der Waals surface area contributed by atoms with Gasteiger partial charge in [0.15, 0.2) is 0 Å². The standard InChI is InChI=1S/C15H14N4O2/c1-19(15-17-7-2-8-18-15)10-14(20)21-11-13-5-3-12(9-16)4-6-13/h2-8H,10-11H2,1H3. The number of aromatic nitrogens is 2. The Morgan fingerprint density at radius 3 is 2.57 bits per heavy atom. The summed E-state index contributed by atoms with van der Waals surface area (Å²) in [5, 5.41) is 8.70. The molecule has 0 N–H and O–H groups in total. The van der Waals surface area contributed by atoms with E-state index in [2.05, 4.69) is 9.97 Å². The Kier molecular flexibility index (Phi) is 4.83. The Bertz CT molecular complexity index is 635. The summed E-state index contributed by atoms with van der Waals surface area (Å²) in [6.07, 6.45) is 3.22. The Labute approximate surface area is 122 Å². The van der Waals surface area contributed by atoms with Crippen LogP contribution in [0, 0.1) is 11.3 Å². The molecule has 0 aliphatic heterocycles. The molecular weight excluding hydrogens is 268 g/mol. The number of likely N-dealkylation sites (N-methyl/N-ethyl adjacent to an activating group) is 1. The van der Waals surface area contributed by atoms with E-state index in [1.807, 2.05) is 6.07 Å². The summed E-state index contributed by atoms with van der Waals surface area (Å²) in [5.74, 6) is 0.0992. The number of hydrogen-bond donors (Lipinski definition) is 0. The fraction of sp³-hybridized carbons (Fsp3) is 0.200. The molecule has 0 spiro atoms. The van der Waals surface area contributed by atoms with Crippen LogP contribution in [0.2, 0.25) is 0 Å². The molecule has 0 amide bonds. The van der Waals surface area contributed by atoms with E-state index >= 15 is 0 Å². The number of ether oxygens (including phenoxy) is 1. The van der Waals surface area contributed by atoms with E-state index in [1.54, 1.807) is 54.7 Å². The minimum Gasteiger partial charge on any atom is -0.459 e. The molecule has 21 heavy (non-hydrogen) atoms. The van der Waals surface area contributed by atoms with Gasteiger partial charge >= 0.3 is 5.97 Å². The molecule has 0 saturated carbocycles. The smallest absolute Gasteiger partial charge is 0.325 e. The molecular formula is C15H14N4O2. The zero-order chi connectivity index (χ0) is 15.1. The lowest BCUT2D eigenvalue weighted by Crippen LogP contribution is -2.28. The van der Waals surface area contributed by atoms with E-state index in [1.165, 1.54) is 0 Å². The van der Waals surface area contributed by atoms with Gasteiger partial charge in [-0.25, -0.2) is 9.97 Å². The van der Waals surface area contributed by atoms with Crippen LogP contribution in [-0.2, 0) is 16.1 Å². The molecule has 1 aromatic carbocycles. The van der Waals surface area contributed by atoms with Gasteiger partial charge in [-0.2, -0.15) is 5.26 Å². The Balaban J connectivity index is 1.83. The lowest BCUT2D eigenvalue weighted by Gasteiger charge is -2.15. The minimum absolute atomic E-state index is 0.0697. The van der Waals surface area contributed by atoms with E-state index < -0.39 is 0 Å². The third-order valence-electron chi connectivity index (χ3n) is 2.74. The summed E-state index contributed by atoms with van der Waals surface area (Å²) in [4.78, 5) is 21.5. The number of hydrogen-bond acceptors (Lipinski definition) is 6. The first-order chi connectivity index (χ1) is 10.2. The van der Waals surface area contributed by atoms with Gasteiger partial charge in [0, 0.05) is 19.4 Å². The molecule has 2 aromatic rings. The van der Waals surface area contributed by atoms with Crippen LogP contribution in [0.3, 0.4) is 0 Å². The third-order valence-corrected chi connectivity index (χ3v) is 2.74. The van der Waals surface area contributed by atoms with E-state index in [9.17, 15) is 4.79 Å². The van der Waals surface area contributed by atoms with E-state index in [0.29, 0.717) is 11.5 Å². The second-order valence-corrected chi connectivity index (χ2v) is 4.37. The van der Waals surface area contributed by atoms with Gasteiger partial charge in [0.2, 0.25) is 5.95 Å². The number of nitriles is 1. The molecule has 1 aromatic heterocycles. The second-order valence-electron chi connectivity index (χ2n) is 4.37. The first kappa shape index (κ1) is 14.5. The van der Waals surface area contributed by atoms with Gasteiger partial charge in [0.05, 0.1) is 11.6 Å². The molecule has 0 fully saturated rings. The average molecular weight is 282 g/mol. The van der Waals surface area contributed by atoms with Crippen molar-refractivity contribution in [3.63, 3.8) is 0 Å². The molecule has 0 bridgehead atoms. The zero-order valence-electron chi connectivity index (χ0n) is 11.6. The predicted molar refractivity (Wildman–Crippen MR) is 76.3 cm³/mol. The molecule has 0 unspecified atom stereocenters. The monoisotopic (exact) mass is 282 g/mol. The van der Waals surface area contributed by atoms with Gasteiger partial charge < -0.3 is 9.64 Å². The number of rotatable bonds is 5. The molecule has 0 atom stereocenters. The zero-order valence-corrected chi connectivity index (χ0v) is 11.6. The fourth-order valence-electron chi connectivity index (χ4n) is 1.64. The van der Waals surface area contributed by atoms with Crippen molar-refractivity contribution in [2.24, 2.45) is 0 Å². The van der Waals surface area contributed by atoms with Crippen molar-refractivity contribution in [2.45, 2.75) is 6.61 Å². The van der Waals surface area contributed by atoms with Crippen molar-refractivity contribution in [3.8, 4) is 6.07 Å². The quantitative estimate of drug-likeness (QED) is 0.774. The van der Waals surface area contributed by atoms with Crippen molar-refractivity contribution in [1.29, 1.82) is 5.26 Å². The summed E-state index contributed by atoms with van der Waals surface area (Å²) in [5.41, 5.74) is 1.41. The van der Waals surface area contributed by atoms with Gasteiger partial charge in [-0.3, -0.25) is 4.79 Å². The van der Waals surface area contributed by atoms with Gasteiger partial charge in [-0.1, -0.05) is 12.1 Å². The van der Waals surface area contributed by atoms with Crippen LogP contribution >= 0.6 is 0 Å². The van der Waals surface area contributed by atoms with Crippen molar-refractivity contribution in [1.82, 2.24) is 9.97 Å². The third kappa shape index (κ3) is 4.28. The van der Waals surface area contributed by atoms with E-state index in [4.69, 9.17) is 10.00 Å². The maximum atomic E-state index is 11.8. The fourth-order valence-corrected chi connectivity index (χ4v) is 1.64. The van der Waals surface area contributed by atoms with Crippen LogP contribution in [0.1, 0.15) is 11.1 Å². The van der Waals surface area contributed by atoms with Crippen LogP contribution < -0.4 is 4.90 Å².